The van der Waals surface area contributed by atoms with Crippen LogP contribution >= 0.6 is 0 Å². The highest BCUT2D eigenvalue weighted by Gasteiger charge is 2.31. The quantitative estimate of drug-likeness (QED) is 0.558. The predicted octanol–water partition coefficient (Wildman–Crippen LogP) is 1.09. The lowest BCUT2D eigenvalue weighted by Gasteiger charge is -2.18. The van der Waals surface area contributed by atoms with E-state index >= 15 is 0 Å². The van der Waals surface area contributed by atoms with E-state index in [9.17, 15) is 23.9 Å². The van der Waals surface area contributed by atoms with Gasteiger partial charge in [-0.15, -0.1) is 0 Å². The van der Waals surface area contributed by atoms with Gasteiger partial charge in [-0.3, -0.25) is 19.4 Å². The molecule has 0 bridgehead atoms. The lowest BCUT2D eigenvalue weighted by atomic mass is 10.0. The van der Waals surface area contributed by atoms with Gasteiger partial charge in [-0.05, 0) is 17.7 Å². The lowest BCUT2D eigenvalue weighted by molar-refractivity contribution is -0.127. The zero-order valence-corrected chi connectivity index (χ0v) is 17.4. The van der Waals surface area contributed by atoms with Gasteiger partial charge < -0.3 is 25.0 Å². The molecule has 2 amide bonds. The number of aromatic hydroxyl groups is 1. The predicted molar refractivity (Wildman–Crippen MR) is 113 cm³/mol. The molecule has 3 aromatic rings. The Kier molecular flexibility index (Phi) is 5.52. The summed E-state index contributed by atoms with van der Waals surface area (Å²) in [6.45, 7) is 0.0758. The first-order chi connectivity index (χ1) is 15.3. The first kappa shape index (κ1) is 21.3. The van der Waals surface area contributed by atoms with Crippen molar-refractivity contribution in [2.24, 2.45) is 0 Å². The van der Waals surface area contributed by atoms with Gasteiger partial charge >= 0.3 is 0 Å². The van der Waals surface area contributed by atoms with Crippen LogP contribution in [0.15, 0.2) is 35.3 Å². The van der Waals surface area contributed by atoms with Gasteiger partial charge in [0.1, 0.15) is 22.4 Å². The molecule has 1 unspecified atom stereocenters. The summed E-state index contributed by atoms with van der Waals surface area (Å²) in [5.41, 5.74) is 0.374. The Balaban J connectivity index is 1.98. The van der Waals surface area contributed by atoms with Crippen LogP contribution in [0, 0.1) is 5.82 Å². The third-order valence-electron chi connectivity index (χ3n) is 5.45. The number of aryl methyl sites for hydroxylation is 1. The summed E-state index contributed by atoms with van der Waals surface area (Å²) in [5, 5.41) is 15.6. The molecule has 1 aliphatic rings. The van der Waals surface area contributed by atoms with Gasteiger partial charge in [0.2, 0.25) is 0 Å². The highest BCUT2D eigenvalue weighted by molar-refractivity contribution is 6.02. The molecule has 0 aliphatic carbocycles. The van der Waals surface area contributed by atoms with E-state index < -0.39 is 28.9 Å². The smallest absolute Gasteiger partial charge is 0.267 e. The molecule has 1 aromatic carbocycles. The SMILES string of the molecule is CNC(=O)c1c(O)c2ncc(Cc3ccc(F)cc3)c3c2n(c1=O)CCC(C(=O)NC)O3. The minimum absolute atomic E-state index is 0.0126. The van der Waals surface area contributed by atoms with E-state index in [-0.39, 0.29) is 47.9 Å². The number of halogens is 1. The summed E-state index contributed by atoms with van der Waals surface area (Å²) < 4.78 is 20.7. The molecule has 166 valence electrons. The Morgan fingerprint density at radius 1 is 1.25 bits per heavy atom. The summed E-state index contributed by atoms with van der Waals surface area (Å²) in [6, 6.07) is 5.87. The molecule has 2 aromatic heterocycles. The number of likely N-dealkylation sites (N-methyl/N-ethyl adjacent to an activating group) is 1. The van der Waals surface area contributed by atoms with Gasteiger partial charge in [-0.1, -0.05) is 12.1 Å². The maximum Gasteiger partial charge on any atom is 0.267 e. The van der Waals surface area contributed by atoms with Crippen molar-refractivity contribution in [3.05, 3.63) is 63.3 Å². The molecule has 0 spiro atoms. The molecule has 10 heteroatoms. The number of nitrogens with one attached hydrogen (secondary N) is 2. The molecular weight excluding hydrogens is 419 g/mol. The summed E-state index contributed by atoms with van der Waals surface area (Å²) >= 11 is 0. The van der Waals surface area contributed by atoms with Crippen LogP contribution in [-0.2, 0) is 17.8 Å². The number of ether oxygens (including phenoxy) is 1. The van der Waals surface area contributed by atoms with Gasteiger partial charge in [0.15, 0.2) is 17.6 Å². The molecule has 1 aliphatic heterocycles. The fraction of sp³-hybridized carbons (Fsp3) is 0.273. The van der Waals surface area contributed by atoms with Crippen LogP contribution in [-0.4, -0.2) is 46.7 Å². The van der Waals surface area contributed by atoms with Crippen LogP contribution in [0.5, 0.6) is 11.5 Å². The van der Waals surface area contributed by atoms with Crippen molar-refractivity contribution < 1.29 is 23.8 Å². The largest absolute Gasteiger partial charge is 0.505 e. The Morgan fingerprint density at radius 2 is 1.97 bits per heavy atom. The van der Waals surface area contributed by atoms with Crippen LogP contribution in [0.25, 0.3) is 11.0 Å². The van der Waals surface area contributed by atoms with Crippen LogP contribution in [0.3, 0.4) is 0 Å². The highest BCUT2D eigenvalue weighted by atomic mass is 19.1. The van der Waals surface area contributed by atoms with Gasteiger partial charge in [-0.2, -0.15) is 0 Å². The van der Waals surface area contributed by atoms with E-state index in [1.165, 1.54) is 37.0 Å². The summed E-state index contributed by atoms with van der Waals surface area (Å²) in [5.74, 6) is -1.84. The topological polar surface area (TPSA) is 123 Å². The lowest BCUT2D eigenvalue weighted by Crippen LogP contribution is -2.37. The normalized spacial score (nSPS) is 15.0. The molecule has 3 heterocycles. The Morgan fingerprint density at radius 3 is 2.62 bits per heavy atom. The van der Waals surface area contributed by atoms with E-state index in [1.807, 2.05) is 0 Å². The number of aromatic nitrogens is 2. The number of benzene rings is 1. The molecule has 9 nitrogen and oxygen atoms in total. The summed E-state index contributed by atoms with van der Waals surface area (Å²) in [7, 11) is 2.83. The zero-order chi connectivity index (χ0) is 23.0. The first-order valence-corrected chi connectivity index (χ1v) is 9.97. The Bertz CT molecular complexity index is 1290. The number of amides is 2. The number of rotatable bonds is 4. The minimum Gasteiger partial charge on any atom is -0.505 e. The first-order valence-electron chi connectivity index (χ1n) is 9.97. The van der Waals surface area contributed by atoms with E-state index in [0.717, 1.165) is 5.56 Å². The molecule has 0 saturated carbocycles. The van der Waals surface area contributed by atoms with Crippen molar-refractivity contribution in [1.29, 1.82) is 0 Å². The molecule has 1 atom stereocenters. The van der Waals surface area contributed by atoms with Crippen molar-refractivity contribution in [2.45, 2.75) is 25.5 Å². The van der Waals surface area contributed by atoms with Gasteiger partial charge in [-0.25, -0.2) is 4.39 Å². The third-order valence-corrected chi connectivity index (χ3v) is 5.45. The summed E-state index contributed by atoms with van der Waals surface area (Å²) in [6.07, 6.45) is 1.00. The average molecular weight is 440 g/mol. The second-order valence-corrected chi connectivity index (χ2v) is 7.38. The highest BCUT2D eigenvalue weighted by Crippen LogP contribution is 2.37. The van der Waals surface area contributed by atoms with Crippen molar-refractivity contribution in [1.82, 2.24) is 20.2 Å². The number of pyridine rings is 2. The number of nitrogens with zero attached hydrogens (tertiary/aromatic N) is 2. The van der Waals surface area contributed by atoms with Crippen molar-refractivity contribution in [3.8, 4) is 11.5 Å². The molecular formula is C22H21FN4O5. The fourth-order valence-electron chi connectivity index (χ4n) is 3.82. The van der Waals surface area contributed by atoms with Crippen molar-refractivity contribution >= 4 is 22.8 Å². The van der Waals surface area contributed by atoms with E-state index in [1.54, 1.807) is 12.1 Å². The van der Waals surface area contributed by atoms with Crippen LogP contribution in [0.4, 0.5) is 4.39 Å². The number of carbonyl (C=O) groups excluding carboxylic acids is 2. The van der Waals surface area contributed by atoms with E-state index in [0.29, 0.717) is 5.56 Å². The van der Waals surface area contributed by atoms with Crippen molar-refractivity contribution in [3.63, 3.8) is 0 Å². The number of carbonyl (C=O) groups is 2. The standard InChI is InChI=1S/C22H21FN4O5/c1-24-20(29)14-7-8-27-17-16(18(28)15(22(27)31)21(30)25-2)26-10-12(19(17)32-14)9-11-3-5-13(23)6-4-11/h3-6,10,14,28H,7-9H2,1-2H3,(H,24,29)(H,25,30). The Hall–Kier alpha value is -3.95. The number of hydrogen-bond donors (Lipinski definition) is 3. The van der Waals surface area contributed by atoms with Crippen LogP contribution in [0.1, 0.15) is 27.9 Å². The molecule has 4 rings (SSSR count). The van der Waals surface area contributed by atoms with Crippen LogP contribution in [0.2, 0.25) is 0 Å². The number of hydrogen-bond acceptors (Lipinski definition) is 6. The maximum absolute atomic E-state index is 13.3. The second kappa shape index (κ2) is 8.29. The van der Waals surface area contributed by atoms with E-state index in [2.05, 4.69) is 15.6 Å². The minimum atomic E-state index is -0.900. The van der Waals surface area contributed by atoms with Crippen LogP contribution < -0.4 is 20.9 Å². The summed E-state index contributed by atoms with van der Waals surface area (Å²) in [4.78, 5) is 42.1. The molecule has 0 saturated heterocycles. The molecule has 32 heavy (non-hydrogen) atoms. The van der Waals surface area contributed by atoms with Gasteiger partial charge in [0.05, 0.1) is 0 Å². The molecule has 3 N–H and O–H groups in total. The monoisotopic (exact) mass is 440 g/mol. The van der Waals surface area contributed by atoms with E-state index in [4.69, 9.17) is 4.74 Å². The average Bonchev–Trinajstić information content (AvgIpc) is 3.00. The zero-order valence-electron chi connectivity index (χ0n) is 17.4. The third kappa shape index (κ3) is 3.53. The van der Waals surface area contributed by atoms with Gasteiger partial charge in [0.25, 0.3) is 17.4 Å². The molecule has 0 radical (unpaired) electrons. The van der Waals surface area contributed by atoms with Crippen molar-refractivity contribution in [2.75, 3.05) is 14.1 Å². The second-order valence-electron chi connectivity index (χ2n) is 7.38. The Labute approximate surface area is 181 Å². The van der Waals surface area contributed by atoms with Gasteiger partial charge in [0, 0.05) is 45.2 Å². The molecule has 0 fully saturated rings. The maximum atomic E-state index is 13.3. The fourth-order valence-corrected chi connectivity index (χ4v) is 3.82.